The monoisotopic (exact) mass is 188 g/mol. The molecule has 0 atom stereocenters. The molecule has 12 heavy (non-hydrogen) atoms. The summed E-state index contributed by atoms with van der Waals surface area (Å²) < 4.78 is 12.1. The maximum absolute atomic E-state index is 12.1. The van der Waals surface area contributed by atoms with Crippen molar-refractivity contribution in [2.24, 2.45) is 0 Å². The lowest BCUT2D eigenvalue weighted by atomic mass is 10.1. The highest BCUT2D eigenvalue weighted by molar-refractivity contribution is 6.33. The van der Waals surface area contributed by atoms with E-state index in [1.165, 1.54) is 18.2 Å². The fourth-order valence-electron chi connectivity index (χ4n) is 0.819. The fraction of sp³-hybridized carbons (Fsp3) is 0.125. The number of benzene rings is 1. The topological polar surface area (TPSA) is 37.3 Å². The lowest BCUT2D eigenvalue weighted by Gasteiger charge is -1.99. The largest absolute Gasteiger partial charge is 0.478 e. The van der Waals surface area contributed by atoms with E-state index in [-0.39, 0.29) is 10.6 Å². The minimum Gasteiger partial charge on any atom is -0.478 e. The van der Waals surface area contributed by atoms with Crippen LogP contribution in [-0.4, -0.2) is 11.1 Å². The Labute approximate surface area is 73.6 Å². The molecule has 0 saturated carbocycles. The Balaban J connectivity index is 3.17. The van der Waals surface area contributed by atoms with E-state index in [0.717, 1.165) is 0 Å². The van der Waals surface area contributed by atoms with Crippen LogP contribution in [0.25, 0.3) is 0 Å². The van der Waals surface area contributed by atoms with Gasteiger partial charge in [0.2, 0.25) is 0 Å². The molecule has 1 aromatic carbocycles. The maximum atomic E-state index is 12.1. The summed E-state index contributed by atoms with van der Waals surface area (Å²) in [6.07, 6.45) is 0. The van der Waals surface area contributed by atoms with E-state index in [1.54, 1.807) is 0 Å². The minimum atomic E-state index is -1.14. The van der Waals surface area contributed by atoms with Crippen LogP contribution in [0.1, 0.15) is 15.9 Å². The number of carboxylic acids is 1. The van der Waals surface area contributed by atoms with Gasteiger partial charge in [-0.2, -0.15) is 0 Å². The van der Waals surface area contributed by atoms with Gasteiger partial charge in [0.05, 0.1) is 10.6 Å². The van der Waals surface area contributed by atoms with Crippen molar-refractivity contribution in [3.8, 4) is 0 Å². The molecule has 2 nitrogen and oxygen atoms in total. The van der Waals surface area contributed by atoms with Gasteiger partial charge >= 0.3 is 5.97 Å². The summed E-state index contributed by atoms with van der Waals surface area (Å²) in [5.74, 6) is -1.14. The van der Waals surface area contributed by atoms with Crippen LogP contribution in [0.3, 0.4) is 0 Å². The lowest BCUT2D eigenvalue weighted by Crippen LogP contribution is -1.98. The number of aromatic carboxylic acids is 1. The summed E-state index contributed by atoms with van der Waals surface area (Å²) in [6, 6.07) is 4.05. The zero-order valence-electron chi connectivity index (χ0n) is 6.05. The van der Waals surface area contributed by atoms with Crippen molar-refractivity contribution < 1.29 is 14.3 Å². The Morgan fingerprint density at radius 2 is 2.25 bits per heavy atom. The molecule has 0 amide bonds. The second-order valence-electron chi connectivity index (χ2n) is 2.25. The fourth-order valence-corrected chi connectivity index (χ4v) is 1.02. The first-order chi connectivity index (χ1) is 5.65. The van der Waals surface area contributed by atoms with Crippen molar-refractivity contribution >= 4 is 17.6 Å². The molecular formula is C8H6ClFO2. The average molecular weight is 189 g/mol. The van der Waals surface area contributed by atoms with Crippen molar-refractivity contribution in [2.75, 3.05) is 0 Å². The third kappa shape index (κ3) is 1.74. The molecule has 0 heterocycles. The van der Waals surface area contributed by atoms with Gasteiger partial charge in [0.1, 0.15) is 6.67 Å². The van der Waals surface area contributed by atoms with Crippen molar-refractivity contribution in [1.29, 1.82) is 0 Å². The highest BCUT2D eigenvalue weighted by Crippen LogP contribution is 2.17. The molecule has 0 unspecified atom stereocenters. The Bertz CT molecular complexity index is 312. The average Bonchev–Trinajstić information content (AvgIpc) is 2.05. The number of alkyl halides is 1. The smallest absolute Gasteiger partial charge is 0.337 e. The summed E-state index contributed by atoms with van der Waals surface area (Å²) in [7, 11) is 0. The van der Waals surface area contributed by atoms with Gasteiger partial charge < -0.3 is 5.11 Å². The van der Waals surface area contributed by atoms with E-state index in [2.05, 4.69) is 0 Å². The molecular weight excluding hydrogens is 183 g/mol. The predicted octanol–water partition coefficient (Wildman–Crippen LogP) is 2.51. The first kappa shape index (κ1) is 9.00. The third-order valence-electron chi connectivity index (χ3n) is 1.42. The predicted molar refractivity (Wildman–Crippen MR) is 43.2 cm³/mol. The Kier molecular flexibility index (Phi) is 2.65. The molecule has 0 aliphatic heterocycles. The van der Waals surface area contributed by atoms with Gasteiger partial charge in [-0.3, -0.25) is 0 Å². The van der Waals surface area contributed by atoms with Crippen LogP contribution in [0.15, 0.2) is 18.2 Å². The molecule has 1 rings (SSSR count). The first-order valence-corrected chi connectivity index (χ1v) is 3.60. The second-order valence-corrected chi connectivity index (χ2v) is 2.66. The minimum absolute atomic E-state index is 0.0631. The number of carboxylic acid groups (broad SMARTS) is 1. The molecule has 0 fully saturated rings. The van der Waals surface area contributed by atoms with Crippen LogP contribution in [0.5, 0.6) is 0 Å². The van der Waals surface area contributed by atoms with Crippen LogP contribution in [0.2, 0.25) is 5.02 Å². The molecule has 0 aliphatic carbocycles. The van der Waals surface area contributed by atoms with Gasteiger partial charge in [0.25, 0.3) is 0 Å². The molecule has 4 heteroatoms. The molecule has 0 radical (unpaired) electrons. The van der Waals surface area contributed by atoms with Gasteiger partial charge in [0, 0.05) is 0 Å². The lowest BCUT2D eigenvalue weighted by molar-refractivity contribution is 0.0697. The maximum Gasteiger partial charge on any atom is 0.337 e. The molecule has 0 spiro atoms. The quantitative estimate of drug-likeness (QED) is 0.774. The summed E-state index contributed by atoms with van der Waals surface area (Å²) >= 11 is 5.54. The van der Waals surface area contributed by atoms with Crippen LogP contribution < -0.4 is 0 Å². The van der Waals surface area contributed by atoms with Gasteiger partial charge in [0.15, 0.2) is 0 Å². The summed E-state index contributed by atoms with van der Waals surface area (Å²) in [4.78, 5) is 10.5. The van der Waals surface area contributed by atoms with E-state index in [1.807, 2.05) is 0 Å². The molecule has 0 saturated heterocycles. The van der Waals surface area contributed by atoms with Gasteiger partial charge in [-0.25, -0.2) is 9.18 Å². The number of hydrogen-bond donors (Lipinski definition) is 1. The molecule has 1 aromatic rings. The highest BCUT2D eigenvalue weighted by atomic mass is 35.5. The standard InChI is InChI=1S/C8H6ClFO2/c9-7-2-1-5(4-10)3-6(7)8(11)12/h1-3H,4H2,(H,11,12). The molecule has 1 N–H and O–H groups in total. The van der Waals surface area contributed by atoms with Gasteiger partial charge in [-0.1, -0.05) is 17.7 Å². The van der Waals surface area contributed by atoms with Crippen molar-refractivity contribution in [2.45, 2.75) is 6.67 Å². The Morgan fingerprint density at radius 1 is 1.58 bits per heavy atom. The van der Waals surface area contributed by atoms with Crippen molar-refractivity contribution in [3.05, 3.63) is 34.3 Å². The Morgan fingerprint density at radius 3 is 2.75 bits per heavy atom. The Hall–Kier alpha value is -1.09. The highest BCUT2D eigenvalue weighted by Gasteiger charge is 2.08. The van der Waals surface area contributed by atoms with Crippen molar-refractivity contribution in [3.63, 3.8) is 0 Å². The van der Waals surface area contributed by atoms with E-state index in [4.69, 9.17) is 16.7 Å². The summed E-state index contributed by atoms with van der Waals surface area (Å²) in [6.45, 7) is -0.683. The zero-order valence-corrected chi connectivity index (χ0v) is 6.81. The molecule has 0 bridgehead atoms. The number of rotatable bonds is 2. The SMILES string of the molecule is O=C(O)c1cc(CF)ccc1Cl. The zero-order chi connectivity index (χ0) is 9.14. The molecule has 0 aromatic heterocycles. The van der Waals surface area contributed by atoms with Crippen LogP contribution in [-0.2, 0) is 6.67 Å². The van der Waals surface area contributed by atoms with E-state index >= 15 is 0 Å². The summed E-state index contributed by atoms with van der Waals surface area (Å²) in [5, 5.41) is 8.70. The number of halogens is 2. The van der Waals surface area contributed by atoms with E-state index in [0.29, 0.717) is 5.56 Å². The van der Waals surface area contributed by atoms with Crippen molar-refractivity contribution in [1.82, 2.24) is 0 Å². The van der Waals surface area contributed by atoms with E-state index in [9.17, 15) is 9.18 Å². The number of carbonyl (C=O) groups is 1. The first-order valence-electron chi connectivity index (χ1n) is 3.23. The third-order valence-corrected chi connectivity index (χ3v) is 1.75. The van der Waals surface area contributed by atoms with E-state index < -0.39 is 12.6 Å². The van der Waals surface area contributed by atoms with Crippen LogP contribution in [0.4, 0.5) is 4.39 Å². The molecule has 0 aliphatic rings. The van der Waals surface area contributed by atoms with Gasteiger partial charge in [-0.15, -0.1) is 0 Å². The second kappa shape index (κ2) is 3.54. The summed E-state index contributed by atoms with van der Waals surface area (Å²) in [5.41, 5.74) is 0.253. The van der Waals surface area contributed by atoms with Crippen LogP contribution in [0, 0.1) is 0 Å². The molecule has 64 valence electrons. The van der Waals surface area contributed by atoms with Gasteiger partial charge in [-0.05, 0) is 17.7 Å². The van der Waals surface area contributed by atoms with Crippen LogP contribution >= 0.6 is 11.6 Å². The number of hydrogen-bond acceptors (Lipinski definition) is 1. The normalized spacial score (nSPS) is 9.83.